The molecule has 1 fully saturated rings. The van der Waals surface area contributed by atoms with E-state index in [0.717, 1.165) is 0 Å². The van der Waals surface area contributed by atoms with E-state index in [9.17, 15) is 22.4 Å². The summed E-state index contributed by atoms with van der Waals surface area (Å²) in [5, 5.41) is 8.39. The van der Waals surface area contributed by atoms with Gasteiger partial charge in [0, 0.05) is 44.3 Å². The fourth-order valence-corrected chi connectivity index (χ4v) is 4.80. The highest BCUT2D eigenvalue weighted by atomic mass is 32.2. The minimum atomic E-state index is -4.58. The Hall–Kier alpha value is -3.70. The summed E-state index contributed by atoms with van der Waals surface area (Å²) in [6, 6.07) is 4.28. The fraction of sp³-hybridized carbons (Fsp3) is 0.400. The molecule has 3 aromatic rings. The normalized spacial score (nSPS) is 17.8. The first-order valence-corrected chi connectivity index (χ1v) is 12.8. The van der Waals surface area contributed by atoms with Gasteiger partial charge < -0.3 is 25.6 Å². The van der Waals surface area contributed by atoms with Crippen LogP contribution in [0, 0.1) is 11.8 Å². The standard InChI is InChI=1S/C25H27F4N7O2S/c1-30-22(37)15-12-20(23(38-3)32-13-15)31-9-4-6-19-24(39-25(27,28)29)36-10-5-7-18(21(36)34-19)33-17-8-11-35(2)14-16(17)26/h5,7,10,12-13,16-17,31,33H,8-9,11,14H2,1-3H3,(H,30,37)/t16-,17+/m0/s1. The molecule has 1 aliphatic heterocycles. The molecule has 0 aromatic carbocycles. The fourth-order valence-electron chi connectivity index (χ4n) is 4.14. The van der Waals surface area contributed by atoms with Gasteiger partial charge in [-0.3, -0.25) is 9.20 Å². The van der Waals surface area contributed by atoms with E-state index in [1.165, 1.54) is 37.0 Å². The van der Waals surface area contributed by atoms with E-state index in [0.29, 0.717) is 24.3 Å². The van der Waals surface area contributed by atoms with Crippen LogP contribution in [0.2, 0.25) is 0 Å². The molecule has 4 rings (SSSR count). The molecule has 1 saturated heterocycles. The second-order valence-corrected chi connectivity index (χ2v) is 9.82. The second-order valence-electron chi connectivity index (χ2n) is 8.76. The highest BCUT2D eigenvalue weighted by Crippen LogP contribution is 2.39. The number of carbonyl (C=O) groups excluding carboxylic acids is 1. The molecule has 0 unspecified atom stereocenters. The molecule has 0 aliphatic carbocycles. The summed E-state index contributed by atoms with van der Waals surface area (Å²) in [4.78, 5) is 22.3. The number of anilines is 2. The Bertz CT molecular complexity index is 1400. The molecule has 4 heterocycles. The number of hydrogen-bond donors (Lipinski definition) is 3. The van der Waals surface area contributed by atoms with Crippen molar-refractivity contribution < 1.29 is 27.1 Å². The molecule has 39 heavy (non-hydrogen) atoms. The summed E-state index contributed by atoms with van der Waals surface area (Å²) in [6.45, 7) is 0.963. The molecule has 0 radical (unpaired) electrons. The largest absolute Gasteiger partial charge is 0.480 e. The molecule has 1 amide bonds. The zero-order chi connectivity index (χ0) is 28.2. The van der Waals surface area contributed by atoms with Crippen molar-refractivity contribution in [2.24, 2.45) is 0 Å². The third-order valence-electron chi connectivity index (χ3n) is 6.01. The van der Waals surface area contributed by atoms with Gasteiger partial charge in [-0.2, -0.15) is 13.2 Å². The van der Waals surface area contributed by atoms with Crippen LogP contribution in [0.1, 0.15) is 22.5 Å². The van der Waals surface area contributed by atoms with Crippen LogP contribution in [0.25, 0.3) is 5.65 Å². The SMILES string of the molecule is CNC(=O)c1cnc(OC)c(NCC#Cc2nc3c(N[C@@H]4CCN(C)C[C@@H]4F)cccn3c2SC(F)(F)F)c1. The lowest BCUT2D eigenvalue weighted by molar-refractivity contribution is -0.0330. The lowest BCUT2D eigenvalue weighted by atomic mass is 10.0. The summed E-state index contributed by atoms with van der Waals surface area (Å²) < 4.78 is 61.5. The number of pyridine rings is 2. The van der Waals surface area contributed by atoms with Gasteiger partial charge >= 0.3 is 5.51 Å². The summed E-state index contributed by atoms with van der Waals surface area (Å²) in [5.74, 6) is 5.37. The number of rotatable bonds is 7. The lowest BCUT2D eigenvalue weighted by Gasteiger charge is -2.33. The molecule has 0 spiro atoms. The molecule has 14 heteroatoms. The zero-order valence-corrected chi connectivity index (χ0v) is 22.2. The molecule has 3 aromatic heterocycles. The Morgan fingerprint density at radius 2 is 2.13 bits per heavy atom. The van der Waals surface area contributed by atoms with Crippen molar-refractivity contribution in [1.29, 1.82) is 0 Å². The van der Waals surface area contributed by atoms with Crippen LogP contribution < -0.4 is 20.7 Å². The van der Waals surface area contributed by atoms with Gasteiger partial charge in [0.25, 0.3) is 5.91 Å². The van der Waals surface area contributed by atoms with Crippen molar-refractivity contribution in [3.8, 4) is 17.7 Å². The van der Waals surface area contributed by atoms with E-state index in [1.54, 1.807) is 12.1 Å². The van der Waals surface area contributed by atoms with E-state index >= 15 is 0 Å². The van der Waals surface area contributed by atoms with Crippen LogP contribution >= 0.6 is 11.8 Å². The summed E-state index contributed by atoms with van der Waals surface area (Å²) in [7, 11) is 4.74. The summed E-state index contributed by atoms with van der Waals surface area (Å²) in [6.07, 6.45) is 2.23. The highest BCUT2D eigenvalue weighted by Gasteiger charge is 2.33. The smallest absolute Gasteiger partial charge is 0.447 e. The van der Waals surface area contributed by atoms with Crippen molar-refractivity contribution in [2.45, 2.75) is 29.2 Å². The Morgan fingerprint density at radius 1 is 1.33 bits per heavy atom. The number of thioether (sulfide) groups is 1. The van der Waals surface area contributed by atoms with Crippen LogP contribution in [-0.2, 0) is 0 Å². The third-order valence-corrected chi connectivity index (χ3v) is 6.83. The molecular weight excluding hydrogens is 538 g/mol. The van der Waals surface area contributed by atoms with E-state index in [1.807, 2.05) is 11.9 Å². The minimum absolute atomic E-state index is 0.00344. The van der Waals surface area contributed by atoms with E-state index in [4.69, 9.17) is 4.74 Å². The average molecular weight is 566 g/mol. The van der Waals surface area contributed by atoms with Gasteiger partial charge in [-0.1, -0.05) is 5.92 Å². The number of carbonyl (C=O) groups is 1. The predicted octanol–water partition coefficient (Wildman–Crippen LogP) is 3.63. The third kappa shape index (κ3) is 6.85. The van der Waals surface area contributed by atoms with Gasteiger partial charge in [-0.05, 0) is 37.6 Å². The zero-order valence-electron chi connectivity index (χ0n) is 21.4. The first kappa shape index (κ1) is 28.3. The molecule has 0 bridgehead atoms. The Morgan fingerprint density at radius 3 is 2.82 bits per heavy atom. The van der Waals surface area contributed by atoms with Crippen molar-refractivity contribution in [3.05, 3.63) is 41.9 Å². The number of ether oxygens (including phenoxy) is 1. The number of hydrogen-bond acceptors (Lipinski definition) is 8. The number of imidazole rings is 1. The topological polar surface area (TPSA) is 95.8 Å². The molecule has 208 valence electrons. The predicted molar refractivity (Wildman–Crippen MR) is 141 cm³/mol. The maximum atomic E-state index is 14.6. The van der Waals surface area contributed by atoms with Crippen LogP contribution in [0.5, 0.6) is 5.88 Å². The number of aromatic nitrogens is 3. The first-order chi connectivity index (χ1) is 18.6. The Balaban J connectivity index is 1.61. The van der Waals surface area contributed by atoms with Crippen molar-refractivity contribution in [1.82, 2.24) is 24.6 Å². The van der Waals surface area contributed by atoms with Gasteiger partial charge in [-0.25, -0.2) is 14.4 Å². The lowest BCUT2D eigenvalue weighted by Crippen LogP contribution is -2.46. The van der Waals surface area contributed by atoms with Crippen LogP contribution in [-0.4, -0.2) is 83.7 Å². The summed E-state index contributed by atoms with van der Waals surface area (Å²) >= 11 is -0.318. The Kier molecular flexibility index (Phi) is 8.71. The number of likely N-dealkylation sites (tertiary alicyclic amines) is 1. The number of alkyl halides is 4. The number of fused-ring (bicyclic) bond motifs is 1. The molecule has 3 N–H and O–H groups in total. The number of piperidine rings is 1. The van der Waals surface area contributed by atoms with E-state index < -0.39 is 17.7 Å². The molecular formula is C25H27F4N7O2S. The number of nitrogens with one attached hydrogen (secondary N) is 3. The Labute approximate surface area is 226 Å². The van der Waals surface area contributed by atoms with Gasteiger partial charge in [0.2, 0.25) is 5.88 Å². The maximum absolute atomic E-state index is 14.6. The highest BCUT2D eigenvalue weighted by molar-refractivity contribution is 8.00. The van der Waals surface area contributed by atoms with Crippen LogP contribution in [0.15, 0.2) is 35.6 Å². The number of methoxy groups -OCH3 is 1. The van der Waals surface area contributed by atoms with Crippen LogP contribution in [0.3, 0.4) is 0 Å². The monoisotopic (exact) mass is 565 g/mol. The van der Waals surface area contributed by atoms with Crippen LogP contribution in [0.4, 0.5) is 28.9 Å². The minimum Gasteiger partial charge on any atom is -0.480 e. The van der Waals surface area contributed by atoms with Gasteiger partial charge in [-0.15, -0.1) is 0 Å². The molecule has 1 aliphatic rings. The first-order valence-electron chi connectivity index (χ1n) is 11.9. The average Bonchev–Trinajstić information content (AvgIpc) is 3.24. The van der Waals surface area contributed by atoms with Gasteiger partial charge in [0.05, 0.1) is 36.6 Å². The van der Waals surface area contributed by atoms with Crippen molar-refractivity contribution in [3.63, 3.8) is 0 Å². The summed E-state index contributed by atoms with van der Waals surface area (Å²) in [5.41, 5.74) is -3.33. The maximum Gasteiger partial charge on any atom is 0.447 e. The number of halogens is 4. The van der Waals surface area contributed by atoms with Crippen molar-refractivity contribution in [2.75, 3.05) is 51.5 Å². The number of nitrogens with zero attached hydrogens (tertiary/aromatic N) is 4. The molecule has 9 nitrogen and oxygen atoms in total. The van der Waals surface area contributed by atoms with Gasteiger partial charge in [0.1, 0.15) is 16.9 Å². The molecule has 2 atom stereocenters. The van der Waals surface area contributed by atoms with Crippen molar-refractivity contribution >= 4 is 34.7 Å². The second kappa shape index (κ2) is 12.0. The van der Waals surface area contributed by atoms with Gasteiger partial charge in [0.15, 0.2) is 5.65 Å². The number of amides is 1. The quantitative estimate of drug-likeness (QED) is 0.227. The molecule has 0 saturated carbocycles. The van der Waals surface area contributed by atoms with E-state index in [2.05, 4.69) is 37.8 Å². The van der Waals surface area contributed by atoms with E-state index in [-0.39, 0.29) is 58.6 Å².